The molecule has 58 valence electrons. The van der Waals surface area contributed by atoms with Crippen LogP contribution in [-0.2, 0) is 29.6 Å². The first kappa shape index (κ1) is 10.7. The van der Waals surface area contributed by atoms with Crippen molar-refractivity contribution in [2.24, 2.45) is 0 Å². The summed E-state index contributed by atoms with van der Waals surface area (Å²) in [5.41, 5.74) is 0. The number of hydrogen-bond acceptors (Lipinski definition) is 6. The molecule has 0 amide bonds. The molecule has 0 heterocycles. The Hall–Kier alpha value is 0.730. The van der Waals surface area contributed by atoms with Crippen molar-refractivity contribution in [3.63, 3.8) is 0 Å². The number of aliphatic hydroxyl groups is 1. The van der Waals surface area contributed by atoms with Crippen LogP contribution in [0.3, 0.4) is 0 Å². The van der Waals surface area contributed by atoms with E-state index in [0.29, 0.717) is 0 Å². The molecule has 9 heteroatoms. The molecular formula is CH3O5P3S. The van der Waals surface area contributed by atoms with E-state index in [1.165, 1.54) is 0 Å². The molecule has 1 N–H and O–H groups in total. The molecule has 0 aromatic heterocycles. The fourth-order valence-electron chi connectivity index (χ4n) is 0.168. The van der Waals surface area contributed by atoms with Crippen molar-refractivity contribution in [2.45, 2.75) is 0 Å². The Morgan fingerprint density at radius 3 is 2.00 bits per heavy atom. The summed E-state index contributed by atoms with van der Waals surface area (Å²) >= 11 is 4.50. The van der Waals surface area contributed by atoms with Gasteiger partial charge < -0.3 is 5.11 Å². The minimum atomic E-state index is -2.96. The molecule has 0 rings (SSSR count). The van der Waals surface area contributed by atoms with Crippen molar-refractivity contribution in [1.82, 2.24) is 0 Å². The second kappa shape index (κ2) is 5.39. The van der Waals surface area contributed by atoms with Gasteiger partial charge in [0.1, 0.15) is 6.35 Å². The van der Waals surface area contributed by atoms with Gasteiger partial charge in [0.25, 0.3) is 0 Å². The van der Waals surface area contributed by atoms with E-state index in [4.69, 9.17) is 5.11 Å². The fraction of sp³-hybridized carbons (Fsp3) is 1.00. The molecule has 0 aromatic rings. The third-order valence-electron chi connectivity index (χ3n) is 0.489. The van der Waals surface area contributed by atoms with Crippen molar-refractivity contribution in [1.29, 1.82) is 0 Å². The van der Waals surface area contributed by atoms with Gasteiger partial charge in [0.15, 0.2) is 0 Å². The molecule has 0 spiro atoms. The van der Waals surface area contributed by atoms with E-state index >= 15 is 0 Å². The zero-order chi connectivity index (χ0) is 8.04. The van der Waals surface area contributed by atoms with Gasteiger partial charge in [-0.3, -0.25) is 0 Å². The first-order valence-corrected chi connectivity index (χ1v) is 6.19. The Balaban J connectivity index is 4.07. The lowest BCUT2D eigenvalue weighted by atomic mass is 11.7. The number of rotatable bonds is 5. The highest BCUT2D eigenvalue weighted by molar-refractivity contribution is 8.11. The quantitative estimate of drug-likeness (QED) is 0.710. The van der Waals surface area contributed by atoms with Gasteiger partial charge in [-0.25, -0.2) is 17.8 Å². The summed E-state index contributed by atoms with van der Waals surface area (Å²) in [6.07, 6.45) is -0.590. The molecule has 0 saturated carbocycles. The molecule has 0 unspecified atom stereocenters. The molecule has 0 atom stereocenters. The Labute approximate surface area is 65.5 Å². The highest BCUT2D eigenvalue weighted by atomic mass is 32.5. The predicted molar refractivity (Wildman–Crippen MR) is 38.8 cm³/mol. The normalized spacial score (nSPS) is 17.3. The van der Waals surface area contributed by atoms with Gasteiger partial charge in [-0.15, -0.1) is 0 Å². The van der Waals surface area contributed by atoms with Crippen LogP contribution in [0.4, 0.5) is 0 Å². The van der Waals surface area contributed by atoms with E-state index in [1.807, 2.05) is 0 Å². The Bertz CT molecular complexity index is 154. The Morgan fingerprint density at radius 1 is 1.40 bits per heavy atom. The summed E-state index contributed by atoms with van der Waals surface area (Å²) in [5.74, 6) is 0. The summed E-state index contributed by atoms with van der Waals surface area (Å²) in [7, 11) is -1.37. The lowest BCUT2D eigenvalue weighted by molar-refractivity contribution is 0.340. The lowest BCUT2D eigenvalue weighted by Gasteiger charge is -2.08. The first-order chi connectivity index (χ1) is 4.68. The molecule has 5 nitrogen and oxygen atoms in total. The van der Waals surface area contributed by atoms with Crippen LogP contribution < -0.4 is 0 Å². The maximum atomic E-state index is 9.79. The molecule has 0 aliphatic heterocycles. The molecule has 0 aromatic carbocycles. The van der Waals surface area contributed by atoms with Crippen LogP contribution >= 0.6 is 23.9 Å². The lowest BCUT2D eigenvalue weighted by Crippen LogP contribution is -1.85. The van der Waals surface area contributed by atoms with Crippen LogP contribution in [0.15, 0.2) is 0 Å². The third kappa shape index (κ3) is 3.79. The van der Waals surface area contributed by atoms with Crippen LogP contribution in [-0.4, -0.2) is 11.5 Å². The van der Waals surface area contributed by atoms with Crippen molar-refractivity contribution in [2.75, 3.05) is 6.35 Å². The summed E-state index contributed by atoms with van der Waals surface area (Å²) < 4.78 is 28.2. The average molecular weight is 220 g/mol. The van der Waals surface area contributed by atoms with Gasteiger partial charge >= 0.3 is 17.4 Å². The van der Waals surface area contributed by atoms with Crippen molar-refractivity contribution >= 4 is 35.7 Å². The largest absolute Gasteiger partial charge is 0.386 e. The molecule has 0 fully saturated rings. The molecule has 10 heavy (non-hydrogen) atoms. The van der Waals surface area contributed by atoms with Gasteiger partial charge in [-0.2, -0.15) is 0 Å². The standard InChI is InChI=1S/CH3O5P3S/c2-1-9(10,5-7-3)6-8-4/h2H,1H2. The van der Waals surface area contributed by atoms with E-state index in [1.54, 1.807) is 0 Å². The summed E-state index contributed by atoms with van der Waals surface area (Å²) in [4.78, 5) is 0. The molecule has 0 saturated heterocycles. The molecular weight excluding hydrogens is 217 g/mol. The Morgan fingerprint density at radius 2 is 1.80 bits per heavy atom. The second-order valence-electron chi connectivity index (χ2n) is 1.06. The zero-order valence-electron chi connectivity index (χ0n) is 4.54. The maximum Gasteiger partial charge on any atom is 0.333 e. The van der Waals surface area contributed by atoms with E-state index in [9.17, 15) is 9.13 Å². The SMILES string of the molecule is O=POP(=S)(CO)OP=O. The summed E-state index contributed by atoms with van der Waals surface area (Å²) in [6, 6.07) is 0. The second-order valence-corrected chi connectivity index (χ2v) is 5.84. The minimum Gasteiger partial charge on any atom is -0.386 e. The van der Waals surface area contributed by atoms with Gasteiger partial charge in [-0.1, -0.05) is 0 Å². The topological polar surface area (TPSA) is 72.8 Å². The monoisotopic (exact) mass is 220 g/mol. The van der Waals surface area contributed by atoms with E-state index in [2.05, 4.69) is 20.4 Å². The molecule has 0 radical (unpaired) electrons. The summed E-state index contributed by atoms with van der Waals surface area (Å²) in [6.45, 7) is -2.96. The van der Waals surface area contributed by atoms with E-state index in [-0.39, 0.29) is 0 Å². The smallest absolute Gasteiger partial charge is 0.333 e. The van der Waals surface area contributed by atoms with Crippen molar-refractivity contribution in [3.8, 4) is 0 Å². The van der Waals surface area contributed by atoms with Crippen LogP contribution in [0.2, 0.25) is 0 Å². The zero-order valence-corrected chi connectivity index (χ0v) is 8.04. The minimum absolute atomic E-state index is 0.590. The third-order valence-corrected chi connectivity index (χ3v) is 4.91. The highest BCUT2D eigenvalue weighted by Gasteiger charge is 2.18. The van der Waals surface area contributed by atoms with Crippen molar-refractivity contribution < 1.29 is 22.9 Å². The van der Waals surface area contributed by atoms with E-state index < -0.39 is 30.2 Å². The summed E-state index contributed by atoms with van der Waals surface area (Å²) in [5, 5.41) is 8.46. The number of hydrogen-bond donors (Lipinski definition) is 1. The fourth-order valence-corrected chi connectivity index (χ4v) is 2.27. The van der Waals surface area contributed by atoms with E-state index in [0.717, 1.165) is 0 Å². The van der Waals surface area contributed by atoms with Crippen LogP contribution in [0.25, 0.3) is 0 Å². The first-order valence-electron chi connectivity index (χ1n) is 1.91. The van der Waals surface area contributed by atoms with Gasteiger partial charge in [-0.05, 0) is 11.8 Å². The maximum absolute atomic E-state index is 9.79. The van der Waals surface area contributed by atoms with Gasteiger partial charge in [0, 0.05) is 0 Å². The predicted octanol–water partition coefficient (Wildman–Crippen LogP) is 1.69. The van der Waals surface area contributed by atoms with Crippen LogP contribution in [0, 0.1) is 0 Å². The molecule has 0 aliphatic rings. The highest BCUT2D eigenvalue weighted by Crippen LogP contribution is 2.53. The van der Waals surface area contributed by atoms with Crippen molar-refractivity contribution in [3.05, 3.63) is 0 Å². The number of aliphatic hydroxyl groups excluding tert-OH is 1. The molecule has 0 aliphatic carbocycles. The Kier molecular flexibility index (Phi) is 5.78. The van der Waals surface area contributed by atoms with Gasteiger partial charge in [0.05, 0.1) is 0 Å². The van der Waals surface area contributed by atoms with Crippen LogP contribution in [0.1, 0.15) is 0 Å². The van der Waals surface area contributed by atoms with Gasteiger partial charge in [0.2, 0.25) is 6.49 Å². The molecule has 0 bridgehead atoms. The van der Waals surface area contributed by atoms with Crippen LogP contribution in [0.5, 0.6) is 0 Å². The average Bonchev–Trinajstić information content (AvgIpc) is 1.89.